The molecule has 0 N–H and O–H groups in total. The van der Waals surface area contributed by atoms with Crippen LogP contribution in [0.3, 0.4) is 0 Å². The average Bonchev–Trinajstić information content (AvgIpc) is 3.16. The fourth-order valence-electron chi connectivity index (χ4n) is 2.86. The molecule has 0 fully saturated rings. The van der Waals surface area contributed by atoms with Crippen molar-refractivity contribution in [1.29, 1.82) is 0 Å². The summed E-state index contributed by atoms with van der Waals surface area (Å²) in [5, 5.41) is 14.7. The second-order valence-corrected chi connectivity index (χ2v) is 7.36. The first-order chi connectivity index (χ1) is 13.1. The Morgan fingerprint density at radius 2 is 1.78 bits per heavy atom. The Morgan fingerprint density at radius 1 is 0.963 bits per heavy atom. The number of carbonyl (C=O) groups is 1. The number of nitrogens with zero attached hydrogens (tertiary/aromatic N) is 4. The molecular formula is C21H18N4OS. The third-order valence-corrected chi connectivity index (χ3v) is 5.50. The maximum Gasteiger partial charge on any atom is 0.214 e. The summed E-state index contributed by atoms with van der Waals surface area (Å²) in [7, 11) is 0. The Hall–Kier alpha value is -2.99. The number of carbonyl (C=O) groups excluding carboxylic acids is 1. The van der Waals surface area contributed by atoms with E-state index in [-0.39, 0.29) is 11.5 Å². The molecule has 3 aromatic carbocycles. The molecule has 0 saturated carbocycles. The third kappa shape index (κ3) is 3.61. The fraction of sp³-hybridized carbons (Fsp3) is 0.143. The molecule has 5 nitrogen and oxygen atoms in total. The molecule has 0 amide bonds. The fourth-order valence-corrected chi connectivity index (χ4v) is 3.65. The lowest BCUT2D eigenvalue weighted by molar-refractivity contribution is 0.102. The summed E-state index contributed by atoms with van der Waals surface area (Å²) in [5.41, 5.74) is 3.98. The first-order valence-corrected chi connectivity index (χ1v) is 9.61. The van der Waals surface area contributed by atoms with Gasteiger partial charge in [0.05, 0.1) is 11.4 Å². The molecule has 0 unspecified atom stereocenters. The maximum absolute atomic E-state index is 12.6. The number of ketones is 1. The van der Waals surface area contributed by atoms with Crippen LogP contribution < -0.4 is 0 Å². The molecule has 27 heavy (non-hydrogen) atoms. The molecule has 0 aliphatic heterocycles. The van der Waals surface area contributed by atoms with Crippen LogP contribution in [0.1, 0.15) is 21.5 Å². The van der Waals surface area contributed by atoms with E-state index in [2.05, 4.69) is 29.4 Å². The second-order valence-electron chi connectivity index (χ2n) is 6.42. The van der Waals surface area contributed by atoms with Gasteiger partial charge in [0.25, 0.3) is 0 Å². The molecule has 4 aromatic rings. The van der Waals surface area contributed by atoms with Gasteiger partial charge in [-0.2, -0.15) is 4.68 Å². The lowest BCUT2D eigenvalue weighted by atomic mass is 10.1. The number of rotatable bonds is 5. The summed E-state index contributed by atoms with van der Waals surface area (Å²) in [6, 6.07) is 19.9. The highest BCUT2D eigenvalue weighted by Crippen LogP contribution is 2.22. The van der Waals surface area contributed by atoms with Crippen LogP contribution in [0.25, 0.3) is 16.5 Å². The number of aryl methyl sites for hydroxylation is 2. The summed E-state index contributed by atoms with van der Waals surface area (Å²) in [6.45, 7) is 4.12. The van der Waals surface area contributed by atoms with Gasteiger partial charge < -0.3 is 0 Å². The zero-order valence-electron chi connectivity index (χ0n) is 15.1. The highest BCUT2D eigenvalue weighted by Gasteiger charge is 2.13. The zero-order valence-corrected chi connectivity index (χ0v) is 15.9. The van der Waals surface area contributed by atoms with Gasteiger partial charge in [0, 0.05) is 5.56 Å². The summed E-state index contributed by atoms with van der Waals surface area (Å²) < 4.78 is 1.67. The van der Waals surface area contributed by atoms with E-state index in [1.165, 1.54) is 22.9 Å². The number of hydrogen-bond acceptors (Lipinski definition) is 5. The molecule has 0 atom stereocenters. The number of aromatic nitrogens is 4. The smallest absolute Gasteiger partial charge is 0.214 e. The minimum atomic E-state index is 0.0559. The molecule has 0 spiro atoms. The van der Waals surface area contributed by atoms with Crippen molar-refractivity contribution in [2.75, 3.05) is 5.75 Å². The molecule has 0 aliphatic rings. The SMILES string of the molecule is Cc1ccc(-n2nnnc2SCC(=O)c2ccc3ccccc3c2)cc1C. The minimum Gasteiger partial charge on any atom is -0.293 e. The summed E-state index contributed by atoms with van der Waals surface area (Å²) >= 11 is 1.34. The maximum atomic E-state index is 12.6. The summed E-state index contributed by atoms with van der Waals surface area (Å²) in [6.07, 6.45) is 0. The average molecular weight is 374 g/mol. The Morgan fingerprint density at radius 3 is 2.59 bits per heavy atom. The van der Waals surface area contributed by atoms with Crippen LogP contribution in [0.4, 0.5) is 0 Å². The van der Waals surface area contributed by atoms with Crippen molar-refractivity contribution in [2.24, 2.45) is 0 Å². The van der Waals surface area contributed by atoms with Crippen LogP contribution in [0.5, 0.6) is 0 Å². The van der Waals surface area contributed by atoms with Gasteiger partial charge in [0.15, 0.2) is 5.78 Å². The molecule has 6 heteroatoms. The Kier molecular flexibility index (Phi) is 4.73. The van der Waals surface area contributed by atoms with E-state index in [0.717, 1.165) is 16.5 Å². The highest BCUT2D eigenvalue weighted by molar-refractivity contribution is 7.99. The minimum absolute atomic E-state index is 0.0559. The van der Waals surface area contributed by atoms with E-state index >= 15 is 0 Å². The summed E-state index contributed by atoms with van der Waals surface area (Å²) in [4.78, 5) is 12.6. The van der Waals surface area contributed by atoms with Gasteiger partial charge in [0.2, 0.25) is 5.16 Å². The number of thioether (sulfide) groups is 1. The Balaban J connectivity index is 1.52. The van der Waals surface area contributed by atoms with Crippen LogP contribution in [-0.2, 0) is 0 Å². The van der Waals surface area contributed by atoms with Crippen molar-refractivity contribution in [3.05, 3.63) is 77.4 Å². The van der Waals surface area contributed by atoms with Crippen molar-refractivity contribution in [1.82, 2.24) is 20.2 Å². The molecule has 0 aliphatic carbocycles. The van der Waals surface area contributed by atoms with Crippen LogP contribution >= 0.6 is 11.8 Å². The largest absolute Gasteiger partial charge is 0.293 e. The third-order valence-electron chi connectivity index (χ3n) is 4.58. The van der Waals surface area contributed by atoms with Crippen LogP contribution in [0.2, 0.25) is 0 Å². The molecule has 1 heterocycles. The predicted octanol–water partition coefficient (Wildman–Crippen LogP) is 4.41. The quantitative estimate of drug-likeness (QED) is 0.383. The van der Waals surface area contributed by atoms with E-state index in [1.807, 2.05) is 60.7 Å². The monoisotopic (exact) mass is 374 g/mol. The van der Waals surface area contributed by atoms with Gasteiger partial charge in [-0.15, -0.1) is 5.10 Å². The number of Topliss-reactive ketones (excluding diaryl/α,β-unsaturated/α-hetero) is 1. The lowest BCUT2D eigenvalue weighted by Crippen LogP contribution is -2.05. The van der Waals surface area contributed by atoms with Crippen molar-refractivity contribution < 1.29 is 4.79 Å². The normalized spacial score (nSPS) is 11.0. The number of fused-ring (bicyclic) bond motifs is 1. The van der Waals surface area contributed by atoms with E-state index in [1.54, 1.807) is 4.68 Å². The van der Waals surface area contributed by atoms with Crippen molar-refractivity contribution in [3.8, 4) is 5.69 Å². The molecular weight excluding hydrogens is 356 g/mol. The van der Waals surface area contributed by atoms with Gasteiger partial charge >= 0.3 is 0 Å². The first kappa shape index (κ1) is 17.4. The van der Waals surface area contributed by atoms with E-state index in [9.17, 15) is 4.79 Å². The lowest BCUT2D eigenvalue weighted by Gasteiger charge is -2.07. The topological polar surface area (TPSA) is 60.7 Å². The van der Waals surface area contributed by atoms with Crippen LogP contribution in [0.15, 0.2) is 65.8 Å². The van der Waals surface area contributed by atoms with Gasteiger partial charge in [-0.3, -0.25) is 4.79 Å². The Labute approximate surface area is 161 Å². The molecule has 134 valence electrons. The molecule has 0 bridgehead atoms. The van der Waals surface area contributed by atoms with Crippen molar-refractivity contribution in [3.63, 3.8) is 0 Å². The second kappa shape index (κ2) is 7.32. The van der Waals surface area contributed by atoms with Crippen LogP contribution in [-0.4, -0.2) is 31.7 Å². The van der Waals surface area contributed by atoms with E-state index < -0.39 is 0 Å². The van der Waals surface area contributed by atoms with Gasteiger partial charge in [-0.25, -0.2) is 0 Å². The van der Waals surface area contributed by atoms with Crippen LogP contribution in [0, 0.1) is 13.8 Å². The molecule has 0 saturated heterocycles. The predicted molar refractivity (Wildman–Crippen MR) is 108 cm³/mol. The standard InChI is InChI=1S/C21H18N4OS/c1-14-7-10-19(11-15(14)2)25-21(22-23-24-25)27-13-20(26)18-9-8-16-5-3-4-6-17(16)12-18/h3-12H,13H2,1-2H3. The molecule has 4 rings (SSSR count). The van der Waals surface area contributed by atoms with Crippen molar-refractivity contribution >= 4 is 28.3 Å². The molecule has 0 radical (unpaired) electrons. The van der Waals surface area contributed by atoms with Gasteiger partial charge in [-0.1, -0.05) is 54.2 Å². The van der Waals surface area contributed by atoms with Gasteiger partial charge in [0.1, 0.15) is 0 Å². The zero-order chi connectivity index (χ0) is 18.8. The van der Waals surface area contributed by atoms with E-state index in [4.69, 9.17) is 0 Å². The number of hydrogen-bond donors (Lipinski definition) is 0. The highest BCUT2D eigenvalue weighted by atomic mass is 32.2. The van der Waals surface area contributed by atoms with E-state index in [0.29, 0.717) is 10.7 Å². The molecule has 1 aromatic heterocycles. The first-order valence-electron chi connectivity index (χ1n) is 8.62. The van der Waals surface area contributed by atoms with Crippen molar-refractivity contribution in [2.45, 2.75) is 19.0 Å². The number of tetrazole rings is 1. The van der Waals surface area contributed by atoms with Gasteiger partial charge in [-0.05, 0) is 64.4 Å². The number of benzene rings is 3. The Bertz CT molecular complexity index is 1140. The summed E-state index contributed by atoms with van der Waals surface area (Å²) in [5.74, 6) is 0.337.